The molecule has 0 aromatic carbocycles. The van der Waals surface area contributed by atoms with Gasteiger partial charge in [0.25, 0.3) is 0 Å². The van der Waals surface area contributed by atoms with Crippen LogP contribution in [-0.4, -0.2) is 6.72 Å². The van der Waals surface area contributed by atoms with Crippen molar-refractivity contribution in [2.45, 2.75) is 47.0 Å². The molecule has 0 aliphatic heterocycles. The molecule has 16 heavy (non-hydrogen) atoms. The van der Waals surface area contributed by atoms with Crippen molar-refractivity contribution in [1.82, 2.24) is 0 Å². The van der Waals surface area contributed by atoms with Gasteiger partial charge in [0.15, 0.2) is 0 Å². The Balaban J connectivity index is 4.30. The van der Waals surface area contributed by atoms with Crippen LogP contribution in [0.15, 0.2) is 41.1 Å². The molecule has 0 rings (SSSR count). The number of nitrogens with zero attached hydrogens (tertiary/aromatic N) is 1. The molecule has 0 spiro atoms. The van der Waals surface area contributed by atoms with Crippen LogP contribution in [0.3, 0.4) is 0 Å². The van der Waals surface area contributed by atoms with Crippen LogP contribution in [0, 0.1) is 5.41 Å². The molecular weight excluding hydrogens is 194 g/mol. The van der Waals surface area contributed by atoms with Crippen molar-refractivity contribution < 1.29 is 0 Å². The van der Waals surface area contributed by atoms with Crippen molar-refractivity contribution in [1.29, 1.82) is 0 Å². The molecule has 0 atom stereocenters. The minimum absolute atomic E-state index is 0.243. The first-order chi connectivity index (χ1) is 7.55. The fourth-order valence-corrected chi connectivity index (χ4v) is 1.52. The summed E-state index contributed by atoms with van der Waals surface area (Å²) in [6.45, 7) is 12.3. The lowest BCUT2D eigenvalue weighted by atomic mass is 9.87. The maximum atomic E-state index is 4.06. The summed E-state index contributed by atoms with van der Waals surface area (Å²) in [6, 6.07) is 0. The van der Waals surface area contributed by atoms with Crippen LogP contribution in [0.5, 0.6) is 0 Å². The molecule has 0 saturated heterocycles. The molecule has 0 heterocycles. The van der Waals surface area contributed by atoms with Crippen molar-refractivity contribution >= 4 is 6.72 Å². The van der Waals surface area contributed by atoms with E-state index in [9.17, 15) is 0 Å². The summed E-state index contributed by atoms with van der Waals surface area (Å²) < 4.78 is 0. The Morgan fingerprint density at radius 3 is 2.56 bits per heavy atom. The molecule has 0 bridgehead atoms. The molecule has 0 aliphatic rings. The molecular formula is C15H25N. The van der Waals surface area contributed by atoms with Gasteiger partial charge in [0, 0.05) is 5.70 Å². The number of aliphatic imine (C=N–C) groups is 1. The van der Waals surface area contributed by atoms with Gasteiger partial charge in [0.1, 0.15) is 0 Å². The molecule has 0 aliphatic carbocycles. The molecule has 0 fully saturated rings. The minimum atomic E-state index is 0.243. The molecule has 1 nitrogen and oxygen atoms in total. The molecule has 0 N–H and O–H groups in total. The van der Waals surface area contributed by atoms with E-state index >= 15 is 0 Å². The van der Waals surface area contributed by atoms with Gasteiger partial charge in [-0.1, -0.05) is 45.1 Å². The molecule has 0 aromatic rings. The summed E-state index contributed by atoms with van der Waals surface area (Å²) in [6.07, 6.45) is 13.7. The number of hydrogen-bond acceptors (Lipinski definition) is 1. The zero-order valence-corrected chi connectivity index (χ0v) is 11.2. The highest BCUT2D eigenvalue weighted by Crippen LogP contribution is 2.26. The van der Waals surface area contributed by atoms with E-state index in [2.05, 4.69) is 69.8 Å². The van der Waals surface area contributed by atoms with Gasteiger partial charge in [-0.15, -0.1) is 0 Å². The first-order valence-corrected chi connectivity index (χ1v) is 6.02. The Kier molecular flexibility index (Phi) is 7.53. The highest BCUT2D eigenvalue weighted by Gasteiger charge is 2.13. The van der Waals surface area contributed by atoms with Crippen LogP contribution in [0.4, 0.5) is 0 Å². The number of allylic oxidation sites excluding steroid dienone is 6. The Bertz CT molecular complexity index is 280. The largest absolute Gasteiger partial charge is 0.269 e. The molecule has 0 aromatic heterocycles. The van der Waals surface area contributed by atoms with E-state index < -0.39 is 0 Å². The van der Waals surface area contributed by atoms with Gasteiger partial charge in [0.05, 0.1) is 0 Å². The van der Waals surface area contributed by atoms with Crippen molar-refractivity contribution in [2.24, 2.45) is 10.4 Å². The van der Waals surface area contributed by atoms with Crippen LogP contribution >= 0.6 is 0 Å². The van der Waals surface area contributed by atoms with Gasteiger partial charge in [-0.3, -0.25) is 4.99 Å². The Labute approximate surface area is 101 Å². The third kappa shape index (κ3) is 7.22. The van der Waals surface area contributed by atoms with Crippen molar-refractivity contribution in [2.75, 3.05) is 0 Å². The average Bonchev–Trinajstić information content (AvgIpc) is 2.23. The zero-order valence-electron chi connectivity index (χ0n) is 11.2. The molecule has 90 valence electrons. The van der Waals surface area contributed by atoms with Gasteiger partial charge in [-0.05, 0) is 44.4 Å². The SMILES string of the molecule is C=N/C(=C/C=C/CC)CCC(C)(C)/C=C\C. The molecule has 1 heteroatoms. The van der Waals surface area contributed by atoms with Gasteiger partial charge in [-0.2, -0.15) is 0 Å². The smallest absolute Gasteiger partial charge is 0.0396 e. The topological polar surface area (TPSA) is 12.4 Å². The zero-order chi connectivity index (χ0) is 12.4. The highest BCUT2D eigenvalue weighted by atomic mass is 14.7. The normalized spacial score (nSPS) is 13.9. The van der Waals surface area contributed by atoms with E-state index in [1.807, 2.05) is 0 Å². The summed E-state index contributed by atoms with van der Waals surface area (Å²) in [4.78, 5) is 4.06. The van der Waals surface area contributed by atoms with Gasteiger partial charge < -0.3 is 0 Å². The molecule has 0 radical (unpaired) electrons. The fraction of sp³-hybridized carbons (Fsp3) is 0.533. The van der Waals surface area contributed by atoms with Crippen molar-refractivity contribution in [3.8, 4) is 0 Å². The van der Waals surface area contributed by atoms with Crippen LogP contribution in [0.25, 0.3) is 0 Å². The lowest BCUT2D eigenvalue weighted by molar-refractivity contribution is 0.436. The van der Waals surface area contributed by atoms with E-state index in [4.69, 9.17) is 0 Å². The van der Waals surface area contributed by atoms with Crippen LogP contribution in [0.1, 0.15) is 47.0 Å². The molecule has 0 saturated carbocycles. The maximum Gasteiger partial charge on any atom is 0.0396 e. The van der Waals surface area contributed by atoms with E-state index in [1.165, 1.54) is 0 Å². The summed E-state index contributed by atoms with van der Waals surface area (Å²) in [5.41, 5.74) is 1.31. The minimum Gasteiger partial charge on any atom is -0.269 e. The number of hydrogen-bond donors (Lipinski definition) is 0. The quantitative estimate of drug-likeness (QED) is 0.327. The summed E-state index contributed by atoms with van der Waals surface area (Å²) in [5.74, 6) is 0. The third-order valence-electron chi connectivity index (χ3n) is 2.51. The van der Waals surface area contributed by atoms with Gasteiger partial charge in [0.2, 0.25) is 0 Å². The Hall–Kier alpha value is -1.11. The van der Waals surface area contributed by atoms with Crippen LogP contribution < -0.4 is 0 Å². The van der Waals surface area contributed by atoms with E-state index in [1.54, 1.807) is 0 Å². The second-order valence-electron chi connectivity index (χ2n) is 4.64. The monoisotopic (exact) mass is 219 g/mol. The molecule has 0 amide bonds. The van der Waals surface area contributed by atoms with E-state index in [0.717, 1.165) is 25.0 Å². The fourth-order valence-electron chi connectivity index (χ4n) is 1.52. The summed E-state index contributed by atoms with van der Waals surface area (Å²) >= 11 is 0. The maximum absolute atomic E-state index is 4.06. The third-order valence-corrected chi connectivity index (χ3v) is 2.51. The van der Waals surface area contributed by atoms with Crippen molar-refractivity contribution in [3.63, 3.8) is 0 Å². The van der Waals surface area contributed by atoms with Gasteiger partial charge in [-0.25, -0.2) is 0 Å². The van der Waals surface area contributed by atoms with Crippen LogP contribution in [0.2, 0.25) is 0 Å². The summed E-state index contributed by atoms with van der Waals surface area (Å²) in [7, 11) is 0. The lowest BCUT2D eigenvalue weighted by Crippen LogP contribution is -2.07. The van der Waals surface area contributed by atoms with Crippen molar-refractivity contribution in [3.05, 3.63) is 36.1 Å². The first kappa shape index (κ1) is 14.9. The predicted molar refractivity (Wildman–Crippen MR) is 74.9 cm³/mol. The first-order valence-electron chi connectivity index (χ1n) is 6.02. The molecule has 0 unspecified atom stereocenters. The lowest BCUT2D eigenvalue weighted by Gasteiger charge is -2.19. The highest BCUT2D eigenvalue weighted by molar-refractivity contribution is 5.30. The second-order valence-corrected chi connectivity index (χ2v) is 4.64. The predicted octanol–water partition coefficient (Wildman–Crippen LogP) is 4.92. The standard InChI is InChI=1S/C15H25N/c1-6-8-9-10-14(16-5)11-13-15(3,4)12-7-2/h7-10,12H,5-6,11,13H2,1-4H3/b9-8+,12-7-,14-10+. The average molecular weight is 219 g/mol. The van der Waals surface area contributed by atoms with E-state index in [-0.39, 0.29) is 5.41 Å². The summed E-state index contributed by atoms with van der Waals surface area (Å²) in [5, 5.41) is 0. The van der Waals surface area contributed by atoms with Gasteiger partial charge >= 0.3 is 0 Å². The van der Waals surface area contributed by atoms with Crippen LogP contribution in [-0.2, 0) is 0 Å². The Morgan fingerprint density at radius 1 is 1.38 bits per heavy atom. The second kappa shape index (κ2) is 8.09. The Morgan fingerprint density at radius 2 is 2.06 bits per heavy atom. The number of rotatable bonds is 7. The van der Waals surface area contributed by atoms with E-state index in [0.29, 0.717) is 0 Å².